The molecule has 1 saturated heterocycles. The van der Waals surface area contributed by atoms with E-state index in [1.54, 1.807) is 24.3 Å². The van der Waals surface area contributed by atoms with Crippen LogP contribution >= 0.6 is 0 Å². The van der Waals surface area contributed by atoms with E-state index in [1.165, 1.54) is 7.11 Å². The molecule has 1 aromatic rings. The summed E-state index contributed by atoms with van der Waals surface area (Å²) in [6.45, 7) is 2.74. The first kappa shape index (κ1) is 17.9. The van der Waals surface area contributed by atoms with E-state index in [0.29, 0.717) is 17.8 Å². The van der Waals surface area contributed by atoms with Crippen molar-refractivity contribution in [3.63, 3.8) is 0 Å². The Kier molecular flexibility index (Phi) is 5.92. The van der Waals surface area contributed by atoms with Crippen molar-refractivity contribution in [2.75, 3.05) is 25.5 Å². The molecule has 1 aliphatic rings. The second kappa shape index (κ2) is 7.92. The van der Waals surface area contributed by atoms with Crippen LogP contribution in [0.5, 0.6) is 0 Å². The summed E-state index contributed by atoms with van der Waals surface area (Å²) < 4.78 is 4.63. The summed E-state index contributed by atoms with van der Waals surface area (Å²) in [6, 6.07) is 6.71. The lowest BCUT2D eigenvalue weighted by atomic mass is 9.93. The molecule has 0 saturated carbocycles. The number of hydrogen-bond acceptors (Lipinski definition) is 5. The highest BCUT2D eigenvalue weighted by atomic mass is 16.5. The molecule has 1 heterocycles. The Balaban J connectivity index is 1.92. The van der Waals surface area contributed by atoms with Crippen LogP contribution in [0.15, 0.2) is 24.3 Å². The number of nitrogens with two attached hydrogens (primary N) is 1. The quantitative estimate of drug-likeness (QED) is 0.783. The Morgan fingerprint density at radius 1 is 1.25 bits per heavy atom. The highest BCUT2D eigenvalue weighted by Crippen LogP contribution is 2.21. The minimum atomic E-state index is -0.424. The molecule has 1 aliphatic heterocycles. The van der Waals surface area contributed by atoms with Crippen molar-refractivity contribution in [3.05, 3.63) is 29.8 Å². The molecule has 0 aliphatic carbocycles. The van der Waals surface area contributed by atoms with E-state index in [1.807, 2.05) is 11.8 Å². The van der Waals surface area contributed by atoms with Crippen LogP contribution in [-0.4, -0.2) is 48.9 Å². The maximum Gasteiger partial charge on any atom is 0.337 e. The molecule has 0 bridgehead atoms. The molecule has 7 nitrogen and oxygen atoms in total. The molecule has 1 aromatic carbocycles. The van der Waals surface area contributed by atoms with Gasteiger partial charge in [-0.05, 0) is 44.0 Å². The fraction of sp³-hybridized carbons (Fsp3) is 0.471. The summed E-state index contributed by atoms with van der Waals surface area (Å²) in [6.07, 6.45) is 1.61. The number of nitrogens with one attached hydrogen (secondary N) is 1. The van der Waals surface area contributed by atoms with Crippen LogP contribution < -0.4 is 11.1 Å². The highest BCUT2D eigenvalue weighted by Gasteiger charge is 2.29. The van der Waals surface area contributed by atoms with Crippen molar-refractivity contribution in [2.45, 2.75) is 25.8 Å². The lowest BCUT2D eigenvalue weighted by Gasteiger charge is -2.36. The number of carbonyl (C=O) groups is 3. The van der Waals surface area contributed by atoms with E-state index in [2.05, 4.69) is 10.1 Å². The van der Waals surface area contributed by atoms with E-state index >= 15 is 0 Å². The van der Waals surface area contributed by atoms with Gasteiger partial charge in [0.15, 0.2) is 0 Å². The number of carbonyl (C=O) groups excluding carboxylic acids is 3. The van der Waals surface area contributed by atoms with E-state index in [0.717, 1.165) is 12.8 Å². The number of primary amides is 1. The van der Waals surface area contributed by atoms with Gasteiger partial charge in [-0.1, -0.05) is 0 Å². The van der Waals surface area contributed by atoms with Crippen molar-refractivity contribution < 1.29 is 19.1 Å². The Morgan fingerprint density at radius 2 is 1.92 bits per heavy atom. The van der Waals surface area contributed by atoms with Crippen LogP contribution in [0.2, 0.25) is 0 Å². The van der Waals surface area contributed by atoms with Crippen molar-refractivity contribution in [2.24, 2.45) is 11.7 Å². The first-order valence-corrected chi connectivity index (χ1v) is 7.92. The number of methoxy groups -OCH3 is 1. The third kappa shape index (κ3) is 4.55. The molecule has 3 N–H and O–H groups in total. The Hall–Kier alpha value is -2.41. The number of esters is 1. The summed E-state index contributed by atoms with van der Waals surface area (Å²) in [5.74, 6) is -1.11. The maximum atomic E-state index is 12.2. The van der Waals surface area contributed by atoms with Gasteiger partial charge >= 0.3 is 5.97 Å². The lowest BCUT2D eigenvalue weighted by Crippen LogP contribution is -2.48. The number of piperidine rings is 1. The van der Waals surface area contributed by atoms with Crippen LogP contribution in [0.1, 0.15) is 30.1 Å². The summed E-state index contributed by atoms with van der Waals surface area (Å²) in [5.41, 5.74) is 6.40. The standard InChI is InChI=1S/C17H23N3O4/c1-11-3-4-13(16(18)22)9-20(11)10-15(21)19-14-7-5-12(6-8-14)17(23)24-2/h5-8,11,13H,3-4,9-10H2,1-2H3,(H2,18,22)(H,19,21). The summed E-state index contributed by atoms with van der Waals surface area (Å²) >= 11 is 0. The van der Waals surface area contributed by atoms with Crippen LogP contribution in [0.4, 0.5) is 5.69 Å². The largest absolute Gasteiger partial charge is 0.465 e. The lowest BCUT2D eigenvalue weighted by molar-refractivity contribution is -0.126. The van der Waals surface area contributed by atoms with Gasteiger partial charge in [0.1, 0.15) is 0 Å². The summed E-state index contributed by atoms with van der Waals surface area (Å²) in [4.78, 5) is 36.9. The predicted molar refractivity (Wildman–Crippen MR) is 89.4 cm³/mol. The smallest absolute Gasteiger partial charge is 0.337 e. The van der Waals surface area contributed by atoms with Crippen molar-refractivity contribution in [3.8, 4) is 0 Å². The van der Waals surface area contributed by atoms with Gasteiger partial charge in [-0.25, -0.2) is 4.79 Å². The van der Waals surface area contributed by atoms with Gasteiger partial charge in [0, 0.05) is 18.3 Å². The van der Waals surface area contributed by atoms with Gasteiger partial charge in [-0.2, -0.15) is 0 Å². The molecule has 0 radical (unpaired) electrons. The molecule has 7 heteroatoms. The van der Waals surface area contributed by atoms with Crippen LogP contribution in [-0.2, 0) is 14.3 Å². The van der Waals surface area contributed by atoms with E-state index in [9.17, 15) is 14.4 Å². The predicted octanol–water partition coefficient (Wildman–Crippen LogP) is 0.998. The Labute approximate surface area is 141 Å². The molecule has 2 amide bonds. The van der Waals surface area contributed by atoms with E-state index in [-0.39, 0.29) is 30.3 Å². The van der Waals surface area contributed by atoms with Gasteiger partial charge in [-0.15, -0.1) is 0 Å². The molecule has 2 atom stereocenters. The minimum absolute atomic E-state index is 0.169. The van der Waals surface area contributed by atoms with Crippen LogP contribution in [0.25, 0.3) is 0 Å². The monoisotopic (exact) mass is 333 g/mol. The second-order valence-electron chi connectivity index (χ2n) is 6.07. The number of anilines is 1. The van der Waals surface area contributed by atoms with Crippen LogP contribution in [0.3, 0.4) is 0 Å². The summed E-state index contributed by atoms with van der Waals surface area (Å²) in [7, 11) is 1.32. The molecule has 1 fully saturated rings. The molecule has 24 heavy (non-hydrogen) atoms. The number of benzene rings is 1. The Morgan fingerprint density at radius 3 is 2.50 bits per heavy atom. The van der Waals surface area contributed by atoms with Gasteiger partial charge in [0.05, 0.1) is 25.1 Å². The minimum Gasteiger partial charge on any atom is -0.465 e. The number of hydrogen-bond donors (Lipinski definition) is 2. The third-order valence-electron chi connectivity index (χ3n) is 4.35. The SMILES string of the molecule is COC(=O)c1ccc(NC(=O)CN2CC(C(N)=O)CCC2C)cc1. The van der Waals surface area contributed by atoms with Gasteiger partial charge in [0.25, 0.3) is 0 Å². The van der Waals surface area contributed by atoms with Gasteiger partial charge in [0.2, 0.25) is 11.8 Å². The zero-order chi connectivity index (χ0) is 17.7. The van der Waals surface area contributed by atoms with Crippen molar-refractivity contribution >= 4 is 23.5 Å². The van der Waals surface area contributed by atoms with Crippen molar-refractivity contribution in [1.29, 1.82) is 0 Å². The first-order valence-electron chi connectivity index (χ1n) is 7.92. The number of nitrogens with zero attached hydrogens (tertiary/aromatic N) is 1. The molecule has 0 aromatic heterocycles. The van der Waals surface area contributed by atoms with E-state index < -0.39 is 5.97 Å². The molecular weight excluding hydrogens is 310 g/mol. The summed E-state index contributed by atoms with van der Waals surface area (Å²) in [5, 5.41) is 2.79. The highest BCUT2D eigenvalue weighted by molar-refractivity contribution is 5.94. The molecule has 2 rings (SSSR count). The zero-order valence-corrected chi connectivity index (χ0v) is 14.0. The fourth-order valence-corrected chi connectivity index (χ4v) is 2.82. The number of ether oxygens (including phenoxy) is 1. The number of likely N-dealkylation sites (tertiary alicyclic amines) is 1. The number of amides is 2. The van der Waals surface area contributed by atoms with Gasteiger partial charge < -0.3 is 15.8 Å². The molecule has 130 valence electrons. The topological polar surface area (TPSA) is 102 Å². The van der Waals surface area contributed by atoms with E-state index in [4.69, 9.17) is 5.73 Å². The molecule has 0 spiro atoms. The van der Waals surface area contributed by atoms with Crippen LogP contribution in [0, 0.1) is 5.92 Å². The average Bonchev–Trinajstić information content (AvgIpc) is 2.56. The first-order chi connectivity index (χ1) is 11.4. The molecule has 2 unspecified atom stereocenters. The third-order valence-corrected chi connectivity index (χ3v) is 4.35. The zero-order valence-electron chi connectivity index (χ0n) is 14.0. The Bertz CT molecular complexity index is 615. The normalized spacial score (nSPS) is 21.1. The van der Waals surface area contributed by atoms with Gasteiger partial charge in [-0.3, -0.25) is 14.5 Å². The average molecular weight is 333 g/mol. The maximum absolute atomic E-state index is 12.2. The van der Waals surface area contributed by atoms with Crippen molar-refractivity contribution in [1.82, 2.24) is 4.90 Å². The molecular formula is C17H23N3O4. The second-order valence-corrected chi connectivity index (χ2v) is 6.07. The fourth-order valence-electron chi connectivity index (χ4n) is 2.82. The number of rotatable bonds is 5.